The van der Waals surface area contributed by atoms with E-state index in [-0.39, 0.29) is 17.4 Å². The third-order valence-corrected chi connectivity index (χ3v) is 5.31. The Morgan fingerprint density at radius 2 is 2.17 bits per heavy atom. The molecule has 3 heterocycles. The quantitative estimate of drug-likeness (QED) is 0.477. The van der Waals surface area contributed by atoms with Crippen LogP contribution in [-0.4, -0.2) is 53.0 Å². The monoisotopic (exact) mass is 394 g/mol. The van der Waals surface area contributed by atoms with Gasteiger partial charge in [-0.25, -0.2) is 0 Å². The van der Waals surface area contributed by atoms with Crippen molar-refractivity contribution >= 4 is 17.4 Å². The van der Waals surface area contributed by atoms with Crippen molar-refractivity contribution in [2.45, 2.75) is 25.0 Å². The molecule has 2 fully saturated rings. The highest BCUT2D eigenvalue weighted by molar-refractivity contribution is 6.46. The zero-order valence-electron chi connectivity index (χ0n) is 16.1. The number of carbonyl (C=O) groups excluding carboxylic acids is 2. The number of ether oxygens (including phenoxy) is 2. The molecule has 0 aliphatic carbocycles. The van der Waals surface area contributed by atoms with Gasteiger partial charge in [-0.1, -0.05) is 18.2 Å². The molecule has 150 valence electrons. The minimum Gasteiger partial charge on any atom is -0.507 e. The number of hydrogen-bond acceptors (Lipinski definition) is 6. The Morgan fingerprint density at radius 3 is 2.86 bits per heavy atom. The van der Waals surface area contributed by atoms with Crippen molar-refractivity contribution in [3.8, 4) is 5.75 Å². The number of pyridine rings is 1. The number of ketones is 1. The molecule has 2 aromatic rings. The number of aliphatic hydroxyl groups excluding tert-OH is 1. The van der Waals surface area contributed by atoms with E-state index in [0.717, 1.165) is 12.8 Å². The van der Waals surface area contributed by atoms with Crippen molar-refractivity contribution in [3.05, 3.63) is 65.5 Å². The summed E-state index contributed by atoms with van der Waals surface area (Å²) < 4.78 is 10.9. The highest BCUT2D eigenvalue weighted by Crippen LogP contribution is 2.40. The van der Waals surface area contributed by atoms with E-state index >= 15 is 0 Å². The van der Waals surface area contributed by atoms with E-state index in [0.29, 0.717) is 30.0 Å². The number of likely N-dealkylation sites (tertiary alicyclic amines) is 1. The summed E-state index contributed by atoms with van der Waals surface area (Å²) in [6.07, 6.45) is 4.87. The zero-order valence-corrected chi connectivity index (χ0v) is 16.1. The van der Waals surface area contributed by atoms with Gasteiger partial charge in [-0.2, -0.15) is 0 Å². The van der Waals surface area contributed by atoms with E-state index < -0.39 is 17.7 Å². The number of hydrogen-bond donors (Lipinski definition) is 1. The highest BCUT2D eigenvalue weighted by atomic mass is 16.5. The Morgan fingerprint density at radius 1 is 1.31 bits per heavy atom. The van der Waals surface area contributed by atoms with Crippen molar-refractivity contribution in [1.29, 1.82) is 0 Å². The summed E-state index contributed by atoms with van der Waals surface area (Å²) in [6.45, 7) is 0.939. The molecule has 0 saturated carbocycles. The van der Waals surface area contributed by atoms with Gasteiger partial charge in [0.15, 0.2) is 0 Å². The average Bonchev–Trinajstić information content (AvgIpc) is 3.36. The Hall–Kier alpha value is -3.19. The standard InChI is InChI=1S/C22H22N2O5/c1-28-16-7-2-5-14(11-16)20(25)18-19(15-6-3-9-23-12-15)24(22(27)21(18)26)13-17-8-4-10-29-17/h2-3,5-7,9,11-12,17,19,25H,4,8,10,13H2,1H3/b20-18-. The number of Topliss-reactive ketones (excluding diaryl/α,β-unsaturated/α-hetero) is 1. The number of benzene rings is 1. The fourth-order valence-electron chi connectivity index (χ4n) is 3.89. The first kappa shape index (κ1) is 19.1. The zero-order chi connectivity index (χ0) is 20.4. The van der Waals surface area contributed by atoms with Gasteiger partial charge < -0.3 is 19.5 Å². The first-order chi connectivity index (χ1) is 14.1. The van der Waals surface area contributed by atoms with E-state index in [1.807, 2.05) is 0 Å². The predicted octanol–water partition coefficient (Wildman–Crippen LogP) is 2.69. The number of aliphatic hydroxyl groups is 1. The summed E-state index contributed by atoms with van der Waals surface area (Å²) in [5.41, 5.74) is 1.12. The van der Waals surface area contributed by atoms with Crippen LogP contribution in [0.25, 0.3) is 5.76 Å². The Kier molecular flexibility index (Phi) is 5.31. The molecule has 0 radical (unpaired) electrons. The Bertz CT molecular complexity index is 951. The van der Waals surface area contributed by atoms with Crippen LogP contribution in [0.2, 0.25) is 0 Å². The first-order valence-electron chi connectivity index (χ1n) is 9.54. The highest BCUT2D eigenvalue weighted by Gasteiger charge is 2.47. The lowest BCUT2D eigenvalue weighted by molar-refractivity contribution is -0.140. The minimum atomic E-state index is -0.723. The molecule has 2 aliphatic rings. The molecule has 1 aromatic heterocycles. The number of methoxy groups -OCH3 is 1. The summed E-state index contributed by atoms with van der Waals surface area (Å²) in [5.74, 6) is -1.04. The normalized spacial score (nSPS) is 23.6. The van der Waals surface area contributed by atoms with Gasteiger partial charge in [-0.15, -0.1) is 0 Å². The molecule has 0 bridgehead atoms. The number of rotatable bonds is 5. The molecular formula is C22H22N2O5. The van der Waals surface area contributed by atoms with Gasteiger partial charge in [0.2, 0.25) is 0 Å². The van der Waals surface area contributed by atoms with Crippen LogP contribution >= 0.6 is 0 Å². The Labute approximate surface area is 168 Å². The summed E-state index contributed by atoms with van der Waals surface area (Å²) in [5, 5.41) is 11.0. The van der Waals surface area contributed by atoms with Crippen LogP contribution in [0.4, 0.5) is 0 Å². The van der Waals surface area contributed by atoms with Crippen LogP contribution in [0.15, 0.2) is 54.4 Å². The molecule has 2 saturated heterocycles. The molecule has 1 aromatic carbocycles. The molecule has 2 aliphatic heterocycles. The van der Waals surface area contributed by atoms with Gasteiger partial charge in [0, 0.05) is 31.1 Å². The van der Waals surface area contributed by atoms with Crippen LogP contribution in [0.1, 0.15) is 30.0 Å². The number of aromatic nitrogens is 1. The van der Waals surface area contributed by atoms with Crippen LogP contribution in [-0.2, 0) is 14.3 Å². The van der Waals surface area contributed by atoms with Crippen molar-refractivity contribution < 1.29 is 24.2 Å². The minimum absolute atomic E-state index is 0.0502. The van der Waals surface area contributed by atoms with Gasteiger partial charge in [-0.05, 0) is 36.6 Å². The molecule has 2 atom stereocenters. The predicted molar refractivity (Wildman–Crippen MR) is 105 cm³/mol. The van der Waals surface area contributed by atoms with Crippen LogP contribution in [0.5, 0.6) is 5.75 Å². The maximum atomic E-state index is 12.9. The SMILES string of the molecule is COc1cccc(/C(O)=C2/C(=O)C(=O)N(CC3CCCO3)C2c2cccnc2)c1. The second-order valence-corrected chi connectivity index (χ2v) is 7.10. The number of carbonyl (C=O) groups is 2. The molecule has 1 amide bonds. The summed E-state index contributed by atoms with van der Waals surface area (Å²) in [6, 6.07) is 9.58. The number of nitrogens with zero attached hydrogens (tertiary/aromatic N) is 2. The van der Waals surface area contributed by atoms with Gasteiger partial charge in [0.1, 0.15) is 11.5 Å². The Balaban J connectivity index is 1.81. The molecule has 7 nitrogen and oxygen atoms in total. The van der Waals surface area contributed by atoms with E-state index in [1.165, 1.54) is 12.0 Å². The lowest BCUT2D eigenvalue weighted by atomic mass is 9.96. The second kappa shape index (κ2) is 8.05. The smallest absolute Gasteiger partial charge is 0.295 e. The van der Waals surface area contributed by atoms with E-state index in [4.69, 9.17) is 9.47 Å². The first-order valence-corrected chi connectivity index (χ1v) is 9.54. The average molecular weight is 394 g/mol. The lowest BCUT2D eigenvalue weighted by Gasteiger charge is -2.27. The van der Waals surface area contributed by atoms with Crippen molar-refractivity contribution in [1.82, 2.24) is 9.88 Å². The second-order valence-electron chi connectivity index (χ2n) is 7.10. The molecule has 0 spiro atoms. The molecule has 7 heteroatoms. The maximum absolute atomic E-state index is 12.9. The molecule has 1 N–H and O–H groups in total. The van der Waals surface area contributed by atoms with Crippen molar-refractivity contribution in [2.75, 3.05) is 20.3 Å². The summed E-state index contributed by atoms with van der Waals surface area (Å²) >= 11 is 0. The summed E-state index contributed by atoms with van der Waals surface area (Å²) in [7, 11) is 1.52. The van der Waals surface area contributed by atoms with Gasteiger partial charge >= 0.3 is 0 Å². The topological polar surface area (TPSA) is 89.0 Å². The third kappa shape index (κ3) is 3.61. The molecule has 29 heavy (non-hydrogen) atoms. The number of amides is 1. The van der Waals surface area contributed by atoms with Crippen LogP contribution < -0.4 is 4.74 Å². The fraction of sp³-hybridized carbons (Fsp3) is 0.318. The third-order valence-electron chi connectivity index (χ3n) is 5.31. The van der Waals surface area contributed by atoms with E-state index in [2.05, 4.69) is 4.98 Å². The van der Waals surface area contributed by atoms with E-state index in [9.17, 15) is 14.7 Å². The van der Waals surface area contributed by atoms with E-state index in [1.54, 1.807) is 48.8 Å². The largest absolute Gasteiger partial charge is 0.507 e. The van der Waals surface area contributed by atoms with Crippen molar-refractivity contribution in [3.63, 3.8) is 0 Å². The van der Waals surface area contributed by atoms with Crippen molar-refractivity contribution in [2.24, 2.45) is 0 Å². The molecule has 4 rings (SSSR count). The fourth-order valence-corrected chi connectivity index (χ4v) is 3.89. The summed E-state index contributed by atoms with van der Waals surface area (Å²) in [4.78, 5) is 31.4. The lowest BCUT2D eigenvalue weighted by Crippen LogP contribution is -2.36. The van der Waals surface area contributed by atoms with Crippen LogP contribution in [0.3, 0.4) is 0 Å². The van der Waals surface area contributed by atoms with Gasteiger partial charge in [0.25, 0.3) is 11.7 Å². The maximum Gasteiger partial charge on any atom is 0.295 e. The molecular weight excluding hydrogens is 372 g/mol. The van der Waals surface area contributed by atoms with Gasteiger partial charge in [0.05, 0.1) is 24.8 Å². The molecule has 2 unspecified atom stereocenters. The van der Waals surface area contributed by atoms with Crippen LogP contribution in [0, 0.1) is 0 Å². The van der Waals surface area contributed by atoms with Gasteiger partial charge in [-0.3, -0.25) is 14.6 Å².